The molecule has 1 fully saturated rings. The molecule has 12 heterocycles. The molecule has 42 nitrogen and oxygen atoms in total. The van der Waals surface area contributed by atoms with Gasteiger partial charge in [-0.1, -0.05) is 85.7 Å². The third-order valence-corrected chi connectivity index (χ3v) is 25.1. The first-order valence-electron chi connectivity index (χ1n) is 39.8. The third kappa shape index (κ3) is 29.9. The summed E-state index contributed by atoms with van der Waals surface area (Å²) >= 11 is 17.3. The fourth-order valence-electron chi connectivity index (χ4n) is 12.5. The van der Waals surface area contributed by atoms with Gasteiger partial charge in [0, 0.05) is 272 Å². The number of benzene rings is 6. The molecule has 6 radical (unpaired) electrons. The number of aromatic nitrogens is 30. The number of hydrogen-bond acceptors (Lipinski definition) is 36. The van der Waals surface area contributed by atoms with E-state index < -0.39 is 28.7 Å². The van der Waals surface area contributed by atoms with Crippen molar-refractivity contribution in [2.75, 3.05) is 0 Å². The van der Waals surface area contributed by atoms with E-state index in [0.29, 0.717) is 102 Å². The van der Waals surface area contributed by atoms with Gasteiger partial charge in [-0.25, -0.2) is 110 Å². The number of thiazole rings is 6. The molecular formula is C82H73BrClF3N30O12S6Y6-6. The van der Waals surface area contributed by atoms with E-state index in [1.165, 1.54) is 153 Å². The van der Waals surface area contributed by atoms with Gasteiger partial charge in [-0.15, -0.1) is 37.2 Å². The van der Waals surface area contributed by atoms with Crippen LogP contribution in [-0.2, 0) is 285 Å². The predicted molar refractivity (Wildman–Crippen MR) is 489 cm³/mol. The van der Waals surface area contributed by atoms with E-state index in [1.54, 1.807) is 44.2 Å². The first-order chi connectivity index (χ1) is 65.0. The van der Waals surface area contributed by atoms with Gasteiger partial charge in [0.05, 0.1) is 83.3 Å². The van der Waals surface area contributed by atoms with Crippen molar-refractivity contribution in [1.29, 1.82) is 0 Å². The number of halogens is 5. The second-order valence-corrected chi connectivity index (χ2v) is 35.7. The minimum Gasteiger partial charge on any atom is -0.550 e. The first-order valence-corrected chi connectivity index (χ1v) is 46.0. The van der Waals surface area contributed by atoms with Gasteiger partial charge in [0.25, 0.3) is 0 Å². The summed E-state index contributed by atoms with van der Waals surface area (Å²) in [5.41, 5.74) is 8.62. The fraction of sp³-hybridized carbons (Fsp3) is 0.268. The van der Waals surface area contributed by atoms with E-state index in [4.69, 9.17) is 40.0 Å². The van der Waals surface area contributed by atoms with Crippen molar-refractivity contribution in [3.8, 4) is 65.3 Å². The van der Waals surface area contributed by atoms with Crippen molar-refractivity contribution >= 4 is 95.6 Å². The number of tetrazole rings is 6. The van der Waals surface area contributed by atoms with Crippen LogP contribution in [0.1, 0.15) is 95.9 Å². The van der Waals surface area contributed by atoms with Gasteiger partial charge in [0.15, 0.2) is 0 Å². The van der Waals surface area contributed by atoms with Crippen molar-refractivity contribution in [3.63, 3.8) is 0 Å². The number of ether oxygens (including phenoxy) is 6. The topological polar surface area (TPSA) is 449 Å². The molecule has 1 aliphatic rings. The zero-order valence-corrected chi connectivity index (χ0v) is 101. The number of nitrogens with zero attached hydrogens (tertiary/aromatic N) is 30. The van der Waals surface area contributed by atoms with Crippen molar-refractivity contribution in [1.82, 2.24) is 149 Å². The normalized spacial score (nSPS) is 11.0. The van der Waals surface area contributed by atoms with Gasteiger partial charge in [-0.2, -0.15) is 56.2 Å². The summed E-state index contributed by atoms with van der Waals surface area (Å²) < 4.78 is 89.2. The SMILES string of the molecule is CCc1cccc(-n2nnn(C)c2=O)c1COc1n[c-]c(C)s1.Cc1[c-]nc(OCc2c(C)cccc2-n2nnn(C)c2=O)s1.Cc1[c-]nc(OCc2c(C3CC3)cccc2-n2nnn(C)c2=O)s1.Cc1c(F)ccc(-n2nnn(C)c2=O)c1COc1n[c-]cs1.Cn1nnn(-c2ccc(F)c(Br)c2COc2n[c-]cs2)c1=O.Cn1nnn(-c2ccc(F)c(Cl)c2COc2n[c-]cs2)c1=O.[Y].[Y].[Y].[Y].[Y].[Y]. The maximum Gasteiger partial charge on any atom is 0.368 e. The summed E-state index contributed by atoms with van der Waals surface area (Å²) in [6, 6.07) is 25.3. The molecule has 18 aromatic rings. The third-order valence-electron chi connectivity index (χ3n) is 19.5. The average Bonchev–Trinajstić information content (AvgIpc) is 1.69. The van der Waals surface area contributed by atoms with E-state index in [1.807, 2.05) is 76.2 Å². The maximum atomic E-state index is 13.8. The molecular weight excluding hydrogens is 2500 g/mol. The van der Waals surface area contributed by atoms with E-state index in [2.05, 4.69) is 159 Å². The average molecular weight is 2570 g/mol. The van der Waals surface area contributed by atoms with Crippen LogP contribution in [0.15, 0.2) is 140 Å². The molecule has 0 N–H and O–H groups in total. The molecule has 6 aromatic carbocycles. The smallest absolute Gasteiger partial charge is 0.368 e. The Morgan fingerprint density at radius 1 is 0.362 bits per heavy atom. The maximum absolute atomic E-state index is 13.8. The van der Waals surface area contributed by atoms with Gasteiger partial charge in [-0.3, -0.25) is 0 Å². The summed E-state index contributed by atoms with van der Waals surface area (Å²) in [6.07, 6.45) is 19.6. The van der Waals surface area contributed by atoms with Crippen LogP contribution in [-0.4, -0.2) is 149 Å². The molecule has 0 saturated heterocycles. The zero-order valence-electron chi connectivity index (χ0n) is 76.5. The molecule has 0 bridgehead atoms. The second-order valence-electron chi connectivity index (χ2n) is 28.5. The van der Waals surface area contributed by atoms with Gasteiger partial charge < -0.3 is 58.3 Å². The molecule has 0 unspecified atom stereocenters. The van der Waals surface area contributed by atoms with E-state index in [0.717, 1.165) is 102 Å². The summed E-state index contributed by atoms with van der Waals surface area (Å²) in [6.45, 7) is 12.4. The van der Waals surface area contributed by atoms with Crippen molar-refractivity contribution in [3.05, 3.63) is 304 Å². The summed E-state index contributed by atoms with van der Waals surface area (Å²) in [5.74, 6) is -0.942. The van der Waals surface area contributed by atoms with Crippen molar-refractivity contribution < 1.29 is 238 Å². The Balaban J connectivity index is 0.000000205. The Labute approximate surface area is 986 Å². The van der Waals surface area contributed by atoms with Crippen LogP contribution in [0.25, 0.3) is 34.1 Å². The first kappa shape index (κ1) is 119. The molecule has 718 valence electrons. The van der Waals surface area contributed by atoms with Crippen molar-refractivity contribution in [2.45, 2.75) is 106 Å². The summed E-state index contributed by atoms with van der Waals surface area (Å²) in [4.78, 5) is 99.1. The van der Waals surface area contributed by atoms with Crippen molar-refractivity contribution in [2.24, 2.45) is 42.3 Å². The van der Waals surface area contributed by atoms with Gasteiger partial charge in [0.2, 0.25) is 0 Å². The number of aryl methyl sites for hydroxylation is 11. The largest absolute Gasteiger partial charge is 0.550 e. The molecule has 12 aromatic heterocycles. The predicted octanol–water partition coefficient (Wildman–Crippen LogP) is 9.61. The van der Waals surface area contributed by atoms with Crippen LogP contribution in [0.4, 0.5) is 13.2 Å². The Morgan fingerprint density at radius 3 is 1.02 bits per heavy atom. The van der Waals surface area contributed by atoms with E-state index in [9.17, 15) is 41.9 Å². The quantitative estimate of drug-likeness (QED) is 0.0455. The minimum atomic E-state index is -0.619. The monoisotopic (exact) mass is 2570 g/mol. The minimum absolute atomic E-state index is 0. The molecule has 1 aliphatic carbocycles. The molecule has 0 spiro atoms. The summed E-state index contributed by atoms with van der Waals surface area (Å²) in [7, 11) is 9.14. The van der Waals surface area contributed by atoms with E-state index >= 15 is 0 Å². The van der Waals surface area contributed by atoms with Crippen LogP contribution < -0.4 is 62.6 Å². The number of rotatable bonds is 26. The second kappa shape index (κ2) is 55.7. The van der Waals surface area contributed by atoms with Crippen LogP contribution in [0.2, 0.25) is 5.02 Å². The zero-order chi connectivity index (χ0) is 95.8. The Morgan fingerprint density at radius 2 is 0.667 bits per heavy atom. The van der Waals surface area contributed by atoms with E-state index in [-0.39, 0.29) is 254 Å². The van der Waals surface area contributed by atoms with Crippen LogP contribution in [0.3, 0.4) is 0 Å². The molecule has 141 heavy (non-hydrogen) atoms. The molecule has 0 amide bonds. The van der Waals surface area contributed by atoms with Gasteiger partial charge in [0.1, 0.15) is 48.6 Å². The molecule has 59 heteroatoms. The fourth-order valence-corrected chi connectivity index (χ4v) is 16.1. The summed E-state index contributed by atoms with van der Waals surface area (Å²) in [5, 5.41) is 52.9. The molecule has 19 rings (SSSR count). The van der Waals surface area contributed by atoms with Gasteiger partial charge >= 0.3 is 34.1 Å². The Kier molecular flexibility index (Phi) is 46.9. The Bertz CT molecular complexity index is 7230. The van der Waals surface area contributed by atoms with Crippen LogP contribution in [0, 0.1) is 89.3 Å². The van der Waals surface area contributed by atoms with Crippen LogP contribution >= 0.6 is 95.6 Å². The molecule has 0 aliphatic heterocycles. The molecule has 1 saturated carbocycles. The Hall–Kier alpha value is -7.70. The molecule has 0 atom stereocenters. The van der Waals surface area contributed by atoms with Gasteiger partial charge in [-0.05, 0) is 215 Å². The number of hydrogen-bond donors (Lipinski definition) is 0. The van der Waals surface area contributed by atoms with Crippen LogP contribution in [0.5, 0.6) is 31.2 Å². The standard InChI is InChI=1S/C16H16N5O2S.C15H16N5O2S.C14H14N5O2S.C13H11FN5O2S.C12H8BrFN5O2S.C12H8ClFN5O2S.6Y/c1-10-8-17-15(24-10)23-9-13-12(11-6-7-11)4-3-5-14(13)21-16(22)20(2)18-19-21;1-4-11-6-5-7-13(20-15(21)19(3)17-18-20)12(11)9-22-14-16-8-10(2)23-14;1-9-5-4-6-12(19-14(20)18(3)16-17-19)11(9)8-21-13-15-7-10(2)22-13;1-8-9(7-21-12-15-5-6-22-12)11(4-3-10(8)14)19-13(20)18(2)16-17-19;2*1-18-12(20)19(17-16-18)9-3-2-8(14)10(13)7(9)6-21-11-15-4-5-22-11;;;;;;/h3-5,11H,6-7,9H2,1-2H3;5-7H,4,9H2,1-3H3;4-6H,8H2,1-3H3;3-4,6H,7H2,1-2H3;2*2-3,5H,6H2,1H3;;;;;;/q6*-1;;;;;;.